The molecule has 84 valence electrons. The molecule has 0 aromatic heterocycles. The van der Waals surface area contributed by atoms with Crippen LogP contribution in [0.2, 0.25) is 0 Å². The molecule has 0 bridgehead atoms. The quantitative estimate of drug-likeness (QED) is 0.464. The van der Waals surface area contributed by atoms with Crippen LogP contribution < -0.4 is 0 Å². The van der Waals surface area contributed by atoms with Gasteiger partial charge in [0.25, 0.3) is 0 Å². The van der Waals surface area contributed by atoms with Gasteiger partial charge in [-0.15, -0.1) is 0 Å². The second-order valence-electron chi connectivity index (χ2n) is 4.60. The highest BCUT2D eigenvalue weighted by Crippen LogP contribution is 2.18. The third-order valence-electron chi connectivity index (χ3n) is 2.67. The monoisotopic (exact) mass is 218 g/mol. The Kier molecular flexibility index (Phi) is 4.57. The van der Waals surface area contributed by atoms with E-state index in [1.165, 1.54) is 0 Å². The smallest absolute Gasteiger partial charge is 0.146 e. The van der Waals surface area contributed by atoms with Crippen molar-refractivity contribution in [3.8, 4) is 0 Å². The summed E-state index contributed by atoms with van der Waals surface area (Å²) in [6.07, 6.45) is 2.81. The zero-order valence-electron chi connectivity index (χ0n) is 9.71. The first-order valence-electron chi connectivity index (χ1n) is 5.32. The molecule has 0 radical (unpaired) electrons. The lowest BCUT2D eigenvalue weighted by Gasteiger charge is -2.25. The van der Waals surface area contributed by atoms with E-state index in [4.69, 9.17) is 13.9 Å². The van der Waals surface area contributed by atoms with E-state index in [-0.39, 0.29) is 5.60 Å². The number of rotatable bonds is 7. The van der Waals surface area contributed by atoms with Gasteiger partial charge in [-0.2, -0.15) is 0 Å². The van der Waals surface area contributed by atoms with Crippen LogP contribution in [-0.2, 0) is 13.9 Å². The fourth-order valence-corrected chi connectivity index (χ4v) is 1.38. The van der Waals surface area contributed by atoms with Crippen LogP contribution in [0, 0.1) is 0 Å². The Bertz CT molecular complexity index is 169. The minimum Gasteiger partial charge on any atom is -0.423 e. The van der Waals surface area contributed by atoms with Crippen LogP contribution in [0.4, 0.5) is 0 Å². The summed E-state index contributed by atoms with van der Waals surface area (Å²) in [6.45, 7) is 8.02. The summed E-state index contributed by atoms with van der Waals surface area (Å²) < 4.78 is 16.2. The zero-order chi connectivity index (χ0) is 10.6. The molecule has 1 aliphatic heterocycles. The Morgan fingerprint density at radius 2 is 2.21 bits per heavy atom. The molecule has 1 aliphatic rings. The van der Waals surface area contributed by atoms with Crippen molar-refractivity contribution in [3.63, 3.8) is 0 Å². The van der Waals surface area contributed by atoms with E-state index in [0.29, 0.717) is 12.2 Å². The van der Waals surface area contributed by atoms with E-state index in [9.17, 15) is 0 Å². The maximum absolute atomic E-state index is 5.64. The van der Waals surface area contributed by atoms with Crippen molar-refractivity contribution >= 4 is 10.5 Å². The maximum atomic E-state index is 5.64. The second kappa shape index (κ2) is 5.26. The lowest BCUT2D eigenvalue weighted by molar-refractivity contribution is 0.0278. The Labute approximate surface area is 89.7 Å². The Morgan fingerprint density at radius 1 is 1.57 bits per heavy atom. The zero-order valence-corrected chi connectivity index (χ0v) is 11.7. The van der Waals surface area contributed by atoms with Gasteiger partial charge in [0.15, 0.2) is 0 Å². The summed E-state index contributed by atoms with van der Waals surface area (Å²) in [5.74, 6) is 0. The van der Waals surface area contributed by atoms with Crippen molar-refractivity contribution in [2.24, 2.45) is 0 Å². The molecule has 1 rings (SSSR count). The summed E-state index contributed by atoms with van der Waals surface area (Å²) in [5.41, 5.74) is 0.0277. The third-order valence-corrected chi connectivity index (χ3v) is 3.78. The summed E-state index contributed by atoms with van der Waals surface area (Å²) in [4.78, 5) is 0. The van der Waals surface area contributed by atoms with Crippen molar-refractivity contribution in [1.29, 1.82) is 0 Å². The standard InChI is InChI=1S/C10H22O3Si/c1-8(11-6-9-7-12-9)4-5-10(2,3)13-14/h8-9H,4-7H2,1-3,14H3. The first-order chi connectivity index (χ1) is 6.53. The van der Waals surface area contributed by atoms with Gasteiger partial charge >= 0.3 is 0 Å². The number of ether oxygens (including phenoxy) is 2. The van der Waals surface area contributed by atoms with Gasteiger partial charge in [-0.05, 0) is 33.6 Å². The van der Waals surface area contributed by atoms with Crippen molar-refractivity contribution in [2.75, 3.05) is 13.2 Å². The SMILES string of the molecule is CC(CCC(C)(C)O[SiH3])OCC1CO1. The third kappa shape index (κ3) is 5.10. The molecule has 0 amide bonds. The van der Waals surface area contributed by atoms with Gasteiger partial charge in [0.1, 0.15) is 16.6 Å². The fourth-order valence-electron chi connectivity index (χ4n) is 1.17. The van der Waals surface area contributed by atoms with E-state index in [1.807, 2.05) is 0 Å². The van der Waals surface area contributed by atoms with Gasteiger partial charge < -0.3 is 13.9 Å². The second-order valence-corrected chi connectivity index (χ2v) is 5.01. The lowest BCUT2D eigenvalue weighted by Crippen LogP contribution is -2.25. The first kappa shape index (κ1) is 12.2. The number of hydrogen-bond acceptors (Lipinski definition) is 3. The largest absolute Gasteiger partial charge is 0.423 e. The van der Waals surface area contributed by atoms with E-state index in [2.05, 4.69) is 20.8 Å². The van der Waals surface area contributed by atoms with Gasteiger partial charge in [0.05, 0.1) is 19.3 Å². The Balaban J connectivity index is 2.03. The molecule has 4 heteroatoms. The van der Waals surface area contributed by atoms with Crippen LogP contribution >= 0.6 is 0 Å². The molecule has 2 atom stereocenters. The van der Waals surface area contributed by atoms with Gasteiger partial charge in [-0.1, -0.05) is 0 Å². The van der Waals surface area contributed by atoms with Gasteiger partial charge in [-0.3, -0.25) is 0 Å². The molecule has 3 nitrogen and oxygen atoms in total. The minimum atomic E-state index is 0.0277. The molecule has 2 unspecified atom stereocenters. The predicted molar refractivity (Wildman–Crippen MR) is 59.5 cm³/mol. The van der Waals surface area contributed by atoms with Crippen LogP contribution in [0.5, 0.6) is 0 Å². The van der Waals surface area contributed by atoms with Crippen LogP contribution in [0.3, 0.4) is 0 Å². The average Bonchev–Trinajstić information content (AvgIpc) is 2.95. The van der Waals surface area contributed by atoms with Crippen molar-refractivity contribution in [3.05, 3.63) is 0 Å². The van der Waals surface area contributed by atoms with E-state index < -0.39 is 0 Å². The van der Waals surface area contributed by atoms with E-state index in [1.54, 1.807) is 0 Å². The van der Waals surface area contributed by atoms with Crippen LogP contribution in [0.1, 0.15) is 33.6 Å². The van der Waals surface area contributed by atoms with Gasteiger partial charge in [0, 0.05) is 5.60 Å². The van der Waals surface area contributed by atoms with Gasteiger partial charge in [-0.25, -0.2) is 0 Å². The molecule has 0 N–H and O–H groups in total. The van der Waals surface area contributed by atoms with E-state index in [0.717, 1.165) is 36.5 Å². The average molecular weight is 218 g/mol. The molecule has 0 aromatic rings. The predicted octanol–water partition coefficient (Wildman–Crippen LogP) is 0.646. The fraction of sp³-hybridized carbons (Fsp3) is 1.00. The summed E-state index contributed by atoms with van der Waals surface area (Å²) in [6, 6.07) is 0. The van der Waals surface area contributed by atoms with Gasteiger partial charge in [0.2, 0.25) is 0 Å². The van der Waals surface area contributed by atoms with Crippen LogP contribution in [-0.4, -0.2) is 41.5 Å². The topological polar surface area (TPSA) is 31.0 Å². The molecule has 0 aliphatic carbocycles. The molecule has 0 aromatic carbocycles. The molecule has 0 spiro atoms. The maximum Gasteiger partial charge on any atom is 0.146 e. The molecular weight excluding hydrogens is 196 g/mol. The molecule has 1 saturated heterocycles. The molecule has 14 heavy (non-hydrogen) atoms. The molecule has 0 saturated carbocycles. The highest BCUT2D eigenvalue weighted by molar-refractivity contribution is 5.98. The van der Waals surface area contributed by atoms with Crippen molar-refractivity contribution < 1.29 is 13.9 Å². The van der Waals surface area contributed by atoms with Crippen LogP contribution in [0.25, 0.3) is 0 Å². The summed E-state index contributed by atoms with van der Waals surface area (Å²) in [7, 11) is 0.806. The number of hydrogen-bond donors (Lipinski definition) is 0. The van der Waals surface area contributed by atoms with Crippen molar-refractivity contribution in [1.82, 2.24) is 0 Å². The minimum absolute atomic E-state index is 0.0277. The van der Waals surface area contributed by atoms with E-state index >= 15 is 0 Å². The molecular formula is C10H22O3Si. The molecule has 1 fully saturated rings. The lowest BCUT2D eigenvalue weighted by atomic mass is 10.0. The highest BCUT2D eigenvalue weighted by Gasteiger charge is 2.24. The first-order valence-corrected chi connectivity index (χ1v) is 6.13. The number of epoxide rings is 1. The Morgan fingerprint density at radius 3 is 2.71 bits per heavy atom. The summed E-state index contributed by atoms with van der Waals surface area (Å²) in [5, 5.41) is 0. The molecule has 1 heterocycles. The highest BCUT2D eigenvalue weighted by atomic mass is 28.2. The summed E-state index contributed by atoms with van der Waals surface area (Å²) >= 11 is 0. The van der Waals surface area contributed by atoms with Crippen LogP contribution in [0.15, 0.2) is 0 Å². The Hall–Kier alpha value is 0.0969. The van der Waals surface area contributed by atoms with Crippen molar-refractivity contribution in [2.45, 2.75) is 51.4 Å². The normalized spacial score (nSPS) is 23.8.